The first-order valence-corrected chi connectivity index (χ1v) is 6.69. The standard InChI is InChI=1S/C14H22FN3/c1-2-12(11-16)17-7-9-18(10-8-17)14-6-4-3-5-13(14)15/h3-6,12H,2,7-11,16H2,1H3. The van der Waals surface area contributed by atoms with Crippen LogP contribution in [-0.4, -0.2) is 43.7 Å². The smallest absolute Gasteiger partial charge is 0.146 e. The molecule has 0 aliphatic carbocycles. The Kier molecular flexibility index (Phi) is 4.55. The highest BCUT2D eigenvalue weighted by Crippen LogP contribution is 2.20. The molecular weight excluding hydrogens is 229 g/mol. The van der Waals surface area contributed by atoms with Gasteiger partial charge < -0.3 is 10.6 Å². The summed E-state index contributed by atoms with van der Waals surface area (Å²) in [5, 5.41) is 0. The summed E-state index contributed by atoms with van der Waals surface area (Å²) < 4.78 is 13.7. The molecule has 0 bridgehead atoms. The molecule has 0 spiro atoms. The van der Waals surface area contributed by atoms with Crippen LogP contribution in [0.4, 0.5) is 10.1 Å². The van der Waals surface area contributed by atoms with Gasteiger partial charge in [-0.2, -0.15) is 0 Å². The summed E-state index contributed by atoms with van der Waals surface area (Å²) in [6, 6.07) is 7.46. The highest BCUT2D eigenvalue weighted by Gasteiger charge is 2.22. The van der Waals surface area contributed by atoms with E-state index >= 15 is 0 Å². The van der Waals surface area contributed by atoms with Crippen molar-refractivity contribution in [1.29, 1.82) is 0 Å². The largest absolute Gasteiger partial charge is 0.367 e. The van der Waals surface area contributed by atoms with Crippen molar-refractivity contribution in [3.05, 3.63) is 30.1 Å². The van der Waals surface area contributed by atoms with Crippen molar-refractivity contribution in [3.8, 4) is 0 Å². The summed E-state index contributed by atoms with van der Waals surface area (Å²) in [6.07, 6.45) is 1.08. The van der Waals surface area contributed by atoms with Crippen molar-refractivity contribution in [2.24, 2.45) is 5.73 Å². The van der Waals surface area contributed by atoms with Gasteiger partial charge in [0.05, 0.1) is 5.69 Å². The van der Waals surface area contributed by atoms with Gasteiger partial charge in [0, 0.05) is 38.8 Å². The Labute approximate surface area is 108 Å². The quantitative estimate of drug-likeness (QED) is 0.884. The first-order chi connectivity index (χ1) is 8.76. The topological polar surface area (TPSA) is 32.5 Å². The Morgan fingerprint density at radius 3 is 2.44 bits per heavy atom. The minimum atomic E-state index is -0.128. The van der Waals surface area contributed by atoms with Crippen molar-refractivity contribution in [2.45, 2.75) is 19.4 Å². The van der Waals surface area contributed by atoms with E-state index < -0.39 is 0 Å². The Hall–Kier alpha value is -1.13. The molecule has 4 heteroatoms. The van der Waals surface area contributed by atoms with E-state index in [-0.39, 0.29) is 5.82 Å². The van der Waals surface area contributed by atoms with Gasteiger partial charge in [0.2, 0.25) is 0 Å². The highest BCUT2D eigenvalue weighted by molar-refractivity contribution is 5.47. The summed E-state index contributed by atoms with van der Waals surface area (Å²) in [5.74, 6) is -0.128. The zero-order valence-corrected chi connectivity index (χ0v) is 11.0. The second-order valence-electron chi connectivity index (χ2n) is 4.77. The third kappa shape index (κ3) is 2.82. The normalized spacial score (nSPS) is 18.9. The van der Waals surface area contributed by atoms with Crippen molar-refractivity contribution in [3.63, 3.8) is 0 Å². The van der Waals surface area contributed by atoms with Crippen molar-refractivity contribution < 1.29 is 4.39 Å². The zero-order valence-electron chi connectivity index (χ0n) is 11.0. The van der Waals surface area contributed by atoms with Crippen LogP contribution in [-0.2, 0) is 0 Å². The monoisotopic (exact) mass is 251 g/mol. The molecule has 0 saturated carbocycles. The molecule has 0 amide bonds. The number of anilines is 1. The Morgan fingerprint density at radius 1 is 1.22 bits per heavy atom. The molecular formula is C14H22FN3. The van der Waals surface area contributed by atoms with E-state index in [0.717, 1.165) is 38.3 Å². The van der Waals surface area contributed by atoms with Gasteiger partial charge in [-0.25, -0.2) is 4.39 Å². The average molecular weight is 251 g/mol. The molecule has 1 unspecified atom stereocenters. The SMILES string of the molecule is CCC(CN)N1CCN(c2ccccc2F)CC1. The van der Waals surface area contributed by atoms with E-state index in [1.807, 2.05) is 12.1 Å². The van der Waals surface area contributed by atoms with Crippen LogP contribution >= 0.6 is 0 Å². The lowest BCUT2D eigenvalue weighted by atomic mass is 10.1. The molecule has 1 fully saturated rings. The fourth-order valence-electron chi connectivity index (χ4n) is 2.61. The van der Waals surface area contributed by atoms with E-state index in [1.165, 1.54) is 6.07 Å². The predicted molar refractivity (Wildman–Crippen MR) is 73.3 cm³/mol. The average Bonchev–Trinajstić information content (AvgIpc) is 2.42. The summed E-state index contributed by atoms with van der Waals surface area (Å²) in [4.78, 5) is 4.53. The number of para-hydroxylation sites is 1. The van der Waals surface area contributed by atoms with Crippen molar-refractivity contribution in [2.75, 3.05) is 37.6 Å². The maximum atomic E-state index is 13.7. The molecule has 1 aromatic rings. The first kappa shape index (κ1) is 13.3. The fourth-order valence-corrected chi connectivity index (χ4v) is 2.61. The molecule has 1 atom stereocenters. The van der Waals surface area contributed by atoms with Crippen LogP contribution in [0.1, 0.15) is 13.3 Å². The number of hydrogen-bond acceptors (Lipinski definition) is 3. The molecule has 100 valence electrons. The molecule has 1 saturated heterocycles. The van der Waals surface area contributed by atoms with Crippen LogP contribution in [0.3, 0.4) is 0 Å². The Morgan fingerprint density at radius 2 is 1.89 bits per heavy atom. The lowest BCUT2D eigenvalue weighted by Crippen LogP contribution is -2.52. The van der Waals surface area contributed by atoms with Gasteiger partial charge in [-0.05, 0) is 18.6 Å². The van der Waals surface area contributed by atoms with E-state index in [1.54, 1.807) is 6.07 Å². The van der Waals surface area contributed by atoms with Gasteiger partial charge in [-0.1, -0.05) is 19.1 Å². The number of piperazine rings is 1. The number of halogens is 1. The maximum absolute atomic E-state index is 13.7. The third-order valence-corrected chi connectivity index (χ3v) is 3.77. The van der Waals surface area contributed by atoms with E-state index in [9.17, 15) is 4.39 Å². The Bertz CT molecular complexity index is 371. The van der Waals surface area contributed by atoms with Crippen LogP contribution in [0.2, 0.25) is 0 Å². The minimum Gasteiger partial charge on any atom is -0.367 e. The van der Waals surface area contributed by atoms with Gasteiger partial charge in [0.1, 0.15) is 5.82 Å². The summed E-state index contributed by atoms with van der Waals surface area (Å²) in [7, 11) is 0. The second-order valence-corrected chi connectivity index (χ2v) is 4.77. The second kappa shape index (κ2) is 6.16. The highest BCUT2D eigenvalue weighted by atomic mass is 19.1. The molecule has 0 radical (unpaired) electrons. The number of benzene rings is 1. The summed E-state index contributed by atoms with van der Waals surface area (Å²) in [6.45, 7) is 6.54. The summed E-state index contributed by atoms with van der Waals surface area (Å²) >= 11 is 0. The van der Waals surface area contributed by atoms with E-state index in [2.05, 4.69) is 16.7 Å². The van der Waals surface area contributed by atoms with Crippen LogP contribution in [0.25, 0.3) is 0 Å². The zero-order chi connectivity index (χ0) is 13.0. The van der Waals surface area contributed by atoms with Crippen LogP contribution in [0.5, 0.6) is 0 Å². The van der Waals surface area contributed by atoms with Crippen LogP contribution in [0.15, 0.2) is 24.3 Å². The number of nitrogens with two attached hydrogens (primary N) is 1. The number of nitrogens with zero attached hydrogens (tertiary/aromatic N) is 2. The molecule has 1 heterocycles. The fraction of sp³-hybridized carbons (Fsp3) is 0.571. The summed E-state index contributed by atoms with van der Waals surface area (Å²) in [5.41, 5.74) is 6.49. The molecule has 0 aromatic heterocycles. The molecule has 2 rings (SSSR count). The predicted octanol–water partition coefficient (Wildman–Crippen LogP) is 1.68. The number of hydrogen-bond donors (Lipinski definition) is 1. The molecule has 1 aromatic carbocycles. The van der Waals surface area contributed by atoms with Crippen LogP contribution < -0.4 is 10.6 Å². The third-order valence-electron chi connectivity index (χ3n) is 3.77. The molecule has 18 heavy (non-hydrogen) atoms. The van der Waals surface area contributed by atoms with E-state index in [0.29, 0.717) is 12.6 Å². The van der Waals surface area contributed by atoms with Gasteiger partial charge in [-0.15, -0.1) is 0 Å². The maximum Gasteiger partial charge on any atom is 0.146 e. The minimum absolute atomic E-state index is 0.128. The molecule has 2 N–H and O–H groups in total. The van der Waals surface area contributed by atoms with Crippen molar-refractivity contribution >= 4 is 5.69 Å². The number of rotatable bonds is 4. The Balaban J connectivity index is 1.96. The van der Waals surface area contributed by atoms with Gasteiger partial charge >= 0.3 is 0 Å². The first-order valence-electron chi connectivity index (χ1n) is 6.69. The van der Waals surface area contributed by atoms with Crippen molar-refractivity contribution in [1.82, 2.24) is 4.90 Å². The molecule has 3 nitrogen and oxygen atoms in total. The lowest BCUT2D eigenvalue weighted by Gasteiger charge is -2.39. The molecule has 1 aliphatic rings. The van der Waals surface area contributed by atoms with Gasteiger partial charge in [-0.3, -0.25) is 4.90 Å². The van der Waals surface area contributed by atoms with Gasteiger partial charge in [0.25, 0.3) is 0 Å². The van der Waals surface area contributed by atoms with Gasteiger partial charge in [0.15, 0.2) is 0 Å². The van der Waals surface area contributed by atoms with Crippen LogP contribution in [0, 0.1) is 5.82 Å². The molecule has 1 aliphatic heterocycles. The lowest BCUT2D eigenvalue weighted by molar-refractivity contribution is 0.184. The van der Waals surface area contributed by atoms with E-state index in [4.69, 9.17) is 5.73 Å².